The number of nitriles is 1. The number of halogens is 1. The molecule has 0 fully saturated rings. The van der Waals surface area contributed by atoms with Gasteiger partial charge in [0.2, 0.25) is 0 Å². The predicted molar refractivity (Wildman–Crippen MR) is 55.5 cm³/mol. The SMILES string of the molecule is CC(=O)c1c(Br)cc(C#N)cc1[N+](=O)[O-]. The number of hydrogen-bond donors (Lipinski definition) is 0. The number of nitro groups is 1. The number of nitro benzene ring substituents is 1. The summed E-state index contributed by atoms with van der Waals surface area (Å²) < 4.78 is 0.265. The summed E-state index contributed by atoms with van der Waals surface area (Å²) in [4.78, 5) is 21.2. The Balaban J connectivity index is 3.58. The first-order chi connectivity index (χ1) is 6.97. The predicted octanol–water partition coefficient (Wildman–Crippen LogP) is 2.43. The van der Waals surface area contributed by atoms with Crippen LogP contribution in [0.25, 0.3) is 0 Å². The zero-order valence-corrected chi connectivity index (χ0v) is 9.24. The van der Waals surface area contributed by atoms with Crippen LogP contribution in [-0.2, 0) is 0 Å². The summed E-state index contributed by atoms with van der Waals surface area (Å²) in [6, 6.07) is 4.25. The van der Waals surface area contributed by atoms with Crippen LogP contribution in [0.4, 0.5) is 5.69 Å². The van der Waals surface area contributed by atoms with Crippen LogP contribution >= 0.6 is 15.9 Å². The van der Waals surface area contributed by atoms with Crippen molar-refractivity contribution in [1.82, 2.24) is 0 Å². The topological polar surface area (TPSA) is 84.0 Å². The molecule has 1 rings (SSSR count). The molecule has 0 spiro atoms. The molecule has 0 aliphatic carbocycles. The van der Waals surface area contributed by atoms with Gasteiger partial charge in [-0.05, 0) is 28.9 Å². The van der Waals surface area contributed by atoms with Gasteiger partial charge in [-0.25, -0.2) is 0 Å². The maximum atomic E-state index is 11.2. The fourth-order valence-corrected chi connectivity index (χ4v) is 1.88. The molecule has 1 aromatic carbocycles. The van der Waals surface area contributed by atoms with Crippen molar-refractivity contribution < 1.29 is 9.72 Å². The van der Waals surface area contributed by atoms with Crippen molar-refractivity contribution in [3.8, 4) is 6.07 Å². The molecule has 0 amide bonds. The lowest BCUT2D eigenvalue weighted by Crippen LogP contribution is -2.02. The van der Waals surface area contributed by atoms with Gasteiger partial charge in [0.05, 0.1) is 16.6 Å². The fraction of sp³-hybridized carbons (Fsp3) is 0.111. The normalized spacial score (nSPS) is 9.40. The van der Waals surface area contributed by atoms with Crippen LogP contribution < -0.4 is 0 Å². The van der Waals surface area contributed by atoms with Crippen molar-refractivity contribution in [3.63, 3.8) is 0 Å². The van der Waals surface area contributed by atoms with Crippen molar-refractivity contribution in [2.24, 2.45) is 0 Å². The zero-order valence-electron chi connectivity index (χ0n) is 7.65. The Labute approximate surface area is 93.6 Å². The molecule has 0 aliphatic heterocycles. The first-order valence-corrected chi connectivity index (χ1v) is 4.65. The highest BCUT2D eigenvalue weighted by Crippen LogP contribution is 2.28. The van der Waals surface area contributed by atoms with Crippen molar-refractivity contribution in [1.29, 1.82) is 5.26 Å². The van der Waals surface area contributed by atoms with Gasteiger partial charge in [-0.1, -0.05) is 0 Å². The van der Waals surface area contributed by atoms with Crippen LogP contribution in [0.5, 0.6) is 0 Å². The van der Waals surface area contributed by atoms with E-state index in [-0.39, 0.29) is 21.3 Å². The second kappa shape index (κ2) is 4.19. The molecule has 0 saturated carbocycles. The number of ketones is 1. The summed E-state index contributed by atoms with van der Waals surface area (Å²) >= 11 is 3.03. The summed E-state index contributed by atoms with van der Waals surface area (Å²) in [5.74, 6) is -0.418. The molecule has 0 unspecified atom stereocenters. The smallest absolute Gasteiger partial charge is 0.282 e. The summed E-state index contributed by atoms with van der Waals surface area (Å²) in [5, 5.41) is 19.3. The van der Waals surface area contributed by atoms with Crippen LogP contribution in [0.3, 0.4) is 0 Å². The van der Waals surface area contributed by atoms with Gasteiger partial charge in [0.25, 0.3) is 5.69 Å². The van der Waals surface area contributed by atoms with Gasteiger partial charge >= 0.3 is 0 Å². The maximum Gasteiger partial charge on any atom is 0.282 e. The van der Waals surface area contributed by atoms with E-state index < -0.39 is 10.7 Å². The van der Waals surface area contributed by atoms with Crippen molar-refractivity contribution in [2.45, 2.75) is 6.92 Å². The van der Waals surface area contributed by atoms with E-state index in [0.717, 1.165) is 6.07 Å². The van der Waals surface area contributed by atoms with Gasteiger partial charge in [0.15, 0.2) is 5.78 Å². The lowest BCUT2D eigenvalue weighted by Gasteiger charge is -2.02. The maximum absolute atomic E-state index is 11.2. The molecular weight excluding hydrogens is 264 g/mol. The minimum Gasteiger partial charge on any atom is -0.294 e. The molecule has 15 heavy (non-hydrogen) atoms. The first kappa shape index (κ1) is 11.3. The average molecular weight is 269 g/mol. The van der Waals surface area contributed by atoms with E-state index in [1.807, 2.05) is 0 Å². The van der Waals surface area contributed by atoms with Gasteiger partial charge in [0, 0.05) is 10.5 Å². The van der Waals surface area contributed by atoms with Crippen LogP contribution in [0, 0.1) is 21.4 Å². The first-order valence-electron chi connectivity index (χ1n) is 3.86. The number of carbonyl (C=O) groups is 1. The number of rotatable bonds is 2. The zero-order chi connectivity index (χ0) is 11.6. The summed E-state index contributed by atoms with van der Waals surface area (Å²) in [6.45, 7) is 1.24. The van der Waals surface area contributed by atoms with E-state index in [1.165, 1.54) is 13.0 Å². The summed E-state index contributed by atoms with van der Waals surface area (Å²) in [7, 11) is 0. The highest BCUT2D eigenvalue weighted by Gasteiger charge is 2.21. The Morgan fingerprint density at radius 2 is 2.20 bits per heavy atom. The molecule has 0 heterocycles. The largest absolute Gasteiger partial charge is 0.294 e. The Hall–Kier alpha value is -1.74. The van der Waals surface area contributed by atoms with Crippen LogP contribution in [0.15, 0.2) is 16.6 Å². The minimum atomic E-state index is -0.678. The van der Waals surface area contributed by atoms with Gasteiger partial charge in [-0.2, -0.15) is 5.26 Å². The van der Waals surface area contributed by atoms with Crippen LogP contribution in [0.2, 0.25) is 0 Å². The number of benzene rings is 1. The molecule has 5 nitrogen and oxygen atoms in total. The van der Waals surface area contributed by atoms with Crippen molar-refractivity contribution in [2.75, 3.05) is 0 Å². The van der Waals surface area contributed by atoms with Crippen molar-refractivity contribution in [3.05, 3.63) is 37.8 Å². The second-order valence-electron chi connectivity index (χ2n) is 2.78. The molecule has 1 aromatic rings. The number of carbonyl (C=O) groups excluding carboxylic acids is 1. The molecule has 0 aromatic heterocycles. The summed E-state index contributed by atoms with van der Waals surface area (Å²) in [5.41, 5.74) is -0.231. The Morgan fingerprint density at radius 1 is 1.60 bits per heavy atom. The minimum absolute atomic E-state index is 0.0148. The van der Waals surface area contributed by atoms with E-state index in [2.05, 4.69) is 15.9 Å². The average Bonchev–Trinajstić information content (AvgIpc) is 2.15. The number of nitrogens with zero attached hydrogens (tertiary/aromatic N) is 2. The highest BCUT2D eigenvalue weighted by atomic mass is 79.9. The van der Waals surface area contributed by atoms with Gasteiger partial charge in [-0.3, -0.25) is 14.9 Å². The van der Waals surface area contributed by atoms with E-state index in [1.54, 1.807) is 6.07 Å². The second-order valence-corrected chi connectivity index (χ2v) is 3.63. The Morgan fingerprint density at radius 3 is 2.60 bits per heavy atom. The summed E-state index contributed by atoms with van der Waals surface area (Å²) in [6.07, 6.45) is 0. The molecule has 0 aliphatic rings. The Bertz CT molecular complexity index is 491. The molecule has 0 N–H and O–H groups in total. The molecule has 76 valence electrons. The highest BCUT2D eigenvalue weighted by molar-refractivity contribution is 9.10. The van der Waals surface area contributed by atoms with Gasteiger partial charge < -0.3 is 0 Å². The quantitative estimate of drug-likeness (QED) is 0.469. The van der Waals surface area contributed by atoms with E-state index in [4.69, 9.17) is 5.26 Å². The monoisotopic (exact) mass is 268 g/mol. The third-order valence-corrected chi connectivity index (χ3v) is 2.37. The lowest BCUT2D eigenvalue weighted by molar-refractivity contribution is -0.385. The lowest BCUT2D eigenvalue weighted by atomic mass is 10.1. The molecule has 6 heteroatoms. The van der Waals surface area contributed by atoms with Gasteiger partial charge in [-0.15, -0.1) is 0 Å². The molecule has 0 saturated heterocycles. The molecule has 0 atom stereocenters. The van der Waals surface area contributed by atoms with Gasteiger partial charge in [0.1, 0.15) is 5.56 Å². The number of hydrogen-bond acceptors (Lipinski definition) is 4. The van der Waals surface area contributed by atoms with E-state index >= 15 is 0 Å². The third kappa shape index (κ3) is 2.19. The van der Waals surface area contributed by atoms with E-state index in [0.29, 0.717) is 0 Å². The molecular formula is C9H5BrN2O3. The van der Waals surface area contributed by atoms with Crippen LogP contribution in [0.1, 0.15) is 22.8 Å². The fourth-order valence-electron chi connectivity index (χ4n) is 1.15. The van der Waals surface area contributed by atoms with E-state index in [9.17, 15) is 14.9 Å². The Kier molecular flexibility index (Phi) is 3.17. The standard InChI is InChI=1S/C9H5BrN2O3/c1-5(13)9-7(10)2-6(4-11)3-8(9)12(14)15/h2-3H,1H3. The molecule has 0 bridgehead atoms. The van der Waals surface area contributed by atoms with Crippen molar-refractivity contribution >= 4 is 27.4 Å². The molecule has 0 radical (unpaired) electrons. The third-order valence-electron chi connectivity index (χ3n) is 1.75. The van der Waals surface area contributed by atoms with Crippen LogP contribution in [-0.4, -0.2) is 10.7 Å². The number of Topliss-reactive ketones (excluding diaryl/α,β-unsaturated/α-hetero) is 1.